The van der Waals surface area contributed by atoms with E-state index in [0.29, 0.717) is 82.4 Å². The van der Waals surface area contributed by atoms with Crippen LogP contribution in [-0.2, 0) is 23.1 Å². The Hall–Kier alpha value is -6.59. The molecule has 2 aromatic heterocycles. The molecular weight excluding hydrogens is 745 g/mol. The van der Waals surface area contributed by atoms with Crippen LogP contribution in [-0.4, -0.2) is 59.5 Å². The van der Waals surface area contributed by atoms with Crippen molar-refractivity contribution in [3.8, 4) is 45.9 Å². The van der Waals surface area contributed by atoms with Gasteiger partial charge in [0.15, 0.2) is 23.0 Å². The van der Waals surface area contributed by atoms with Crippen LogP contribution in [0.4, 0.5) is 0 Å². The van der Waals surface area contributed by atoms with Crippen molar-refractivity contribution in [2.75, 3.05) is 26.4 Å². The predicted octanol–water partition coefficient (Wildman–Crippen LogP) is 4.98. The monoisotopic (exact) mass is 772 g/mol. The molecule has 0 radical (unpaired) electrons. The van der Waals surface area contributed by atoms with Gasteiger partial charge < -0.3 is 27.8 Å². The summed E-state index contributed by atoms with van der Waals surface area (Å²) in [4.78, 5) is 44.7. The topological polar surface area (TPSA) is 208 Å². The number of benzene rings is 4. The lowest BCUT2D eigenvalue weighted by Gasteiger charge is -2.18. The van der Waals surface area contributed by atoms with Gasteiger partial charge in [0, 0.05) is 41.0 Å². The smallest absolute Gasteiger partial charge is 0.347 e. The van der Waals surface area contributed by atoms with Gasteiger partial charge in [0.2, 0.25) is 11.8 Å². The number of nitrogens with zero attached hydrogens (tertiary/aromatic N) is 2. The van der Waals surface area contributed by atoms with E-state index >= 15 is 0 Å². The Morgan fingerprint density at radius 2 is 0.963 bits per heavy atom. The molecule has 54 heavy (non-hydrogen) atoms. The van der Waals surface area contributed by atoms with E-state index in [1.807, 2.05) is 32.0 Å². The molecule has 0 aliphatic carbocycles. The quantitative estimate of drug-likeness (QED) is 0.216. The van der Waals surface area contributed by atoms with Gasteiger partial charge in [-0.2, -0.15) is 16.8 Å². The number of rotatable bonds is 4. The number of aromatic nitrogens is 2. The molecule has 0 unspecified atom stereocenters. The van der Waals surface area contributed by atoms with Crippen LogP contribution < -0.4 is 30.2 Å². The van der Waals surface area contributed by atoms with E-state index < -0.39 is 34.4 Å². The molecule has 0 saturated heterocycles. The zero-order valence-electron chi connectivity index (χ0n) is 28.5. The summed E-state index contributed by atoms with van der Waals surface area (Å²) in [5.41, 5.74) is 4.63. The van der Waals surface area contributed by atoms with Crippen molar-refractivity contribution in [2.24, 2.45) is 0 Å². The molecule has 4 aromatic carbocycles. The highest BCUT2D eigenvalue weighted by Gasteiger charge is 2.19. The van der Waals surface area contributed by atoms with Crippen LogP contribution in [0, 0.1) is 13.8 Å². The second-order valence-corrected chi connectivity index (χ2v) is 11.5. The summed E-state index contributed by atoms with van der Waals surface area (Å²) in [7, 11) is 0. The van der Waals surface area contributed by atoms with Crippen LogP contribution in [0.3, 0.4) is 0 Å². The molecule has 0 amide bonds. The van der Waals surface area contributed by atoms with E-state index in [1.54, 1.807) is 48.5 Å². The molecule has 2 aliphatic heterocycles. The van der Waals surface area contributed by atoms with Crippen LogP contribution in [0.15, 0.2) is 85.7 Å². The number of fused-ring (bicyclic) bond motifs is 4. The SMILES string of the molecule is C=Cc1ccc(C)c(-c2nc3cc4c(cc3c(=O)o2)OCCO4)c1.Cc1ccc(C=O)cc1-c1nc2cc3c(cc2c(=O)o1)OCCO3.O=S=O.O=S=O. The zero-order valence-corrected chi connectivity index (χ0v) is 30.1. The molecule has 4 heterocycles. The van der Waals surface area contributed by atoms with E-state index in [-0.39, 0.29) is 11.8 Å². The molecule has 15 nitrogen and oxygen atoms in total. The molecule has 276 valence electrons. The number of hydrogen-bond acceptors (Lipinski definition) is 15. The molecule has 17 heteroatoms. The Balaban J connectivity index is 0.000000182. The van der Waals surface area contributed by atoms with Crippen molar-refractivity contribution in [2.45, 2.75) is 13.8 Å². The van der Waals surface area contributed by atoms with Gasteiger partial charge in [-0.15, -0.1) is 0 Å². The number of carbonyl (C=O) groups is 1. The first kappa shape index (κ1) is 38.6. The van der Waals surface area contributed by atoms with Gasteiger partial charge in [-0.25, -0.2) is 19.6 Å². The number of ether oxygens (including phenoxy) is 4. The molecule has 0 atom stereocenters. The lowest BCUT2D eigenvalue weighted by molar-refractivity contribution is 0.112. The molecule has 8 rings (SSSR count). The molecular formula is C37H28N2O13S2. The van der Waals surface area contributed by atoms with Gasteiger partial charge in [0.25, 0.3) is 0 Å². The Labute approximate surface area is 312 Å². The molecule has 0 saturated carbocycles. The maximum absolute atomic E-state index is 12.4. The standard InChI is InChI=1S/C19H15NO4.C18H13NO5.2O2S/c1-3-12-5-4-11(2)13(8-12)18-20-15-10-17-16(22-6-7-23-17)9-14(15)19(21)24-18;1-10-2-3-11(9-20)6-12(10)17-19-14-8-16-15(22-4-5-23-16)7-13(14)18(21)24-17;2*1-3-2/h3-5,8-10H,1,6-7H2,2H3;2-3,6-9H,4-5H2,1H3;;. The molecule has 2 aliphatic rings. The molecule has 0 spiro atoms. The van der Waals surface area contributed by atoms with Gasteiger partial charge in [-0.05, 0) is 42.7 Å². The molecule has 0 bridgehead atoms. The van der Waals surface area contributed by atoms with Crippen molar-refractivity contribution >= 4 is 57.3 Å². The average Bonchev–Trinajstić information content (AvgIpc) is 3.18. The third-order valence-electron chi connectivity index (χ3n) is 7.94. The van der Waals surface area contributed by atoms with Crippen molar-refractivity contribution in [1.29, 1.82) is 0 Å². The number of aryl methyl sites for hydroxylation is 2. The Kier molecular flexibility index (Phi) is 12.7. The Morgan fingerprint density at radius 1 is 0.593 bits per heavy atom. The van der Waals surface area contributed by atoms with E-state index in [1.165, 1.54) is 0 Å². The van der Waals surface area contributed by atoms with Gasteiger partial charge in [0.1, 0.15) is 32.7 Å². The highest BCUT2D eigenvalue weighted by atomic mass is 32.1. The second kappa shape index (κ2) is 17.8. The minimum Gasteiger partial charge on any atom is -0.486 e. The summed E-state index contributed by atoms with van der Waals surface area (Å²) in [6, 6.07) is 17.5. The van der Waals surface area contributed by atoms with Gasteiger partial charge in [-0.1, -0.05) is 36.9 Å². The highest BCUT2D eigenvalue weighted by molar-refractivity contribution is 7.51. The predicted molar refractivity (Wildman–Crippen MR) is 196 cm³/mol. The lowest BCUT2D eigenvalue weighted by atomic mass is 10.0. The van der Waals surface area contributed by atoms with Crippen molar-refractivity contribution < 1.29 is 49.4 Å². The van der Waals surface area contributed by atoms with Crippen LogP contribution in [0.5, 0.6) is 23.0 Å². The Bertz CT molecular complexity index is 2410. The molecule has 0 N–H and O–H groups in total. The minimum atomic E-state index is -0.750. The van der Waals surface area contributed by atoms with Crippen molar-refractivity contribution in [3.63, 3.8) is 0 Å². The molecule has 0 fully saturated rings. The fraction of sp³-hybridized carbons (Fsp3) is 0.162. The molecule has 6 aromatic rings. The van der Waals surface area contributed by atoms with Gasteiger partial charge >= 0.3 is 34.4 Å². The Morgan fingerprint density at radius 3 is 1.35 bits per heavy atom. The van der Waals surface area contributed by atoms with Crippen LogP contribution >= 0.6 is 0 Å². The fourth-order valence-electron chi connectivity index (χ4n) is 5.39. The van der Waals surface area contributed by atoms with Crippen molar-refractivity contribution in [1.82, 2.24) is 9.97 Å². The number of aldehydes is 1. The summed E-state index contributed by atoms with van der Waals surface area (Å²) >= 11 is -1.50. The summed E-state index contributed by atoms with van der Waals surface area (Å²) in [5, 5.41) is 0.702. The maximum atomic E-state index is 12.4. The number of hydrogen-bond donors (Lipinski definition) is 0. The summed E-state index contributed by atoms with van der Waals surface area (Å²) in [6.45, 7) is 9.40. The van der Waals surface area contributed by atoms with Gasteiger partial charge in [-0.3, -0.25) is 4.79 Å². The average molecular weight is 773 g/mol. The number of carbonyl (C=O) groups excluding carboxylic acids is 1. The largest absolute Gasteiger partial charge is 0.486 e. The first-order valence-electron chi connectivity index (χ1n) is 15.8. The zero-order chi connectivity index (χ0) is 38.8. The first-order valence-corrected chi connectivity index (χ1v) is 17.1. The van der Waals surface area contributed by atoms with Crippen LogP contribution in [0.2, 0.25) is 0 Å². The first-order chi connectivity index (χ1) is 26.1. The lowest BCUT2D eigenvalue weighted by Crippen LogP contribution is -2.16. The van der Waals surface area contributed by atoms with E-state index in [9.17, 15) is 14.4 Å². The summed E-state index contributed by atoms with van der Waals surface area (Å²) in [6.07, 6.45) is 2.48. The third kappa shape index (κ3) is 8.71. The normalized spacial score (nSPS) is 12.0. The fourth-order valence-corrected chi connectivity index (χ4v) is 5.39. The van der Waals surface area contributed by atoms with E-state index in [0.717, 1.165) is 28.5 Å². The summed E-state index contributed by atoms with van der Waals surface area (Å²) < 4.78 is 66.1. The van der Waals surface area contributed by atoms with Crippen molar-refractivity contribution in [3.05, 3.63) is 110 Å². The maximum Gasteiger partial charge on any atom is 0.347 e. The second-order valence-electron chi connectivity index (χ2n) is 11.2. The van der Waals surface area contributed by atoms with Gasteiger partial charge in [0.05, 0.1) is 21.8 Å². The van der Waals surface area contributed by atoms with E-state index in [2.05, 4.69) is 16.5 Å². The highest BCUT2D eigenvalue weighted by Crippen LogP contribution is 2.35. The van der Waals surface area contributed by atoms with Crippen LogP contribution in [0.1, 0.15) is 27.0 Å². The third-order valence-corrected chi connectivity index (χ3v) is 7.94. The summed E-state index contributed by atoms with van der Waals surface area (Å²) in [5.74, 6) is 2.65. The van der Waals surface area contributed by atoms with E-state index in [4.69, 9.17) is 44.6 Å². The van der Waals surface area contributed by atoms with Crippen LogP contribution in [0.25, 0.3) is 50.8 Å². The minimum absolute atomic E-state index is 0.172.